The number of fused-ring (bicyclic) bond motifs is 1. The molecular weight excluding hydrogens is 276 g/mol. The van der Waals surface area contributed by atoms with Gasteiger partial charge in [-0.05, 0) is 24.6 Å². The standard InChI is InChI=1S/C14H12N2O5/c17-12(8-6-9(8)13-15-14(18)21-16-13)7-1-2-10-11(5-7)20-4-3-19-10/h1-2,5,8-9H,3-4,6H2,(H,15,16,18)/t8-,9-/m0/s1. The lowest BCUT2D eigenvalue weighted by Crippen LogP contribution is -2.16. The number of aromatic amines is 1. The molecule has 1 aliphatic carbocycles. The molecule has 1 fully saturated rings. The van der Waals surface area contributed by atoms with Crippen LogP contribution in [-0.2, 0) is 0 Å². The average molecular weight is 288 g/mol. The zero-order valence-electron chi connectivity index (χ0n) is 11.0. The molecule has 2 aliphatic rings. The summed E-state index contributed by atoms with van der Waals surface area (Å²) in [5.41, 5.74) is 0.581. The van der Waals surface area contributed by atoms with Crippen molar-refractivity contribution in [3.63, 3.8) is 0 Å². The molecule has 7 heteroatoms. The smallest absolute Gasteiger partial charge is 0.438 e. The normalized spacial score (nSPS) is 22.9. The zero-order valence-corrected chi connectivity index (χ0v) is 11.0. The maximum Gasteiger partial charge on any atom is 0.438 e. The van der Waals surface area contributed by atoms with Crippen LogP contribution in [0, 0.1) is 5.92 Å². The Morgan fingerprint density at radius 2 is 2.05 bits per heavy atom. The quantitative estimate of drug-likeness (QED) is 0.850. The van der Waals surface area contributed by atoms with Crippen LogP contribution in [0.2, 0.25) is 0 Å². The molecule has 1 N–H and O–H groups in total. The van der Waals surface area contributed by atoms with Crippen molar-refractivity contribution in [3.8, 4) is 11.5 Å². The number of ether oxygens (including phenoxy) is 2. The van der Waals surface area contributed by atoms with Gasteiger partial charge in [-0.1, -0.05) is 5.16 Å². The van der Waals surface area contributed by atoms with E-state index in [-0.39, 0.29) is 17.6 Å². The predicted molar refractivity (Wildman–Crippen MR) is 69.7 cm³/mol. The Kier molecular flexibility index (Phi) is 2.60. The van der Waals surface area contributed by atoms with Gasteiger partial charge in [-0.25, -0.2) is 4.79 Å². The monoisotopic (exact) mass is 288 g/mol. The third-order valence-electron chi connectivity index (χ3n) is 3.76. The van der Waals surface area contributed by atoms with E-state index in [2.05, 4.69) is 14.7 Å². The topological polar surface area (TPSA) is 94.4 Å². The molecule has 0 spiro atoms. The largest absolute Gasteiger partial charge is 0.486 e. The van der Waals surface area contributed by atoms with Crippen LogP contribution in [0.3, 0.4) is 0 Å². The lowest BCUT2D eigenvalue weighted by atomic mass is 10.0. The summed E-state index contributed by atoms with van der Waals surface area (Å²) in [7, 11) is 0. The van der Waals surface area contributed by atoms with Crippen molar-refractivity contribution in [2.75, 3.05) is 13.2 Å². The molecule has 0 amide bonds. The number of carbonyl (C=O) groups is 1. The van der Waals surface area contributed by atoms with E-state index < -0.39 is 5.76 Å². The van der Waals surface area contributed by atoms with Crippen LogP contribution in [0.5, 0.6) is 11.5 Å². The Morgan fingerprint density at radius 3 is 2.81 bits per heavy atom. The highest BCUT2D eigenvalue weighted by Gasteiger charge is 2.46. The first kappa shape index (κ1) is 12.2. The van der Waals surface area contributed by atoms with Crippen molar-refractivity contribution in [1.82, 2.24) is 10.1 Å². The lowest BCUT2D eigenvalue weighted by Gasteiger charge is -2.18. The van der Waals surface area contributed by atoms with Crippen LogP contribution in [-0.4, -0.2) is 29.1 Å². The van der Waals surface area contributed by atoms with Crippen LogP contribution >= 0.6 is 0 Å². The first-order chi connectivity index (χ1) is 10.2. The van der Waals surface area contributed by atoms with Crippen molar-refractivity contribution in [2.24, 2.45) is 5.92 Å². The van der Waals surface area contributed by atoms with Crippen molar-refractivity contribution in [2.45, 2.75) is 12.3 Å². The SMILES string of the molecule is O=C(c1ccc2c(c1)OCCO2)[C@H]1C[C@@H]1c1noc(=O)[nH]1. The van der Waals surface area contributed by atoms with Gasteiger partial charge in [0.25, 0.3) is 0 Å². The van der Waals surface area contributed by atoms with E-state index in [4.69, 9.17) is 9.47 Å². The number of ketones is 1. The highest BCUT2D eigenvalue weighted by Crippen LogP contribution is 2.48. The van der Waals surface area contributed by atoms with E-state index in [1.807, 2.05) is 0 Å². The number of hydrogen-bond donors (Lipinski definition) is 1. The number of aromatic nitrogens is 2. The van der Waals surface area contributed by atoms with Crippen molar-refractivity contribution in [3.05, 3.63) is 40.1 Å². The molecule has 1 aliphatic heterocycles. The van der Waals surface area contributed by atoms with Gasteiger partial charge >= 0.3 is 5.76 Å². The molecule has 108 valence electrons. The number of Topliss-reactive ketones (excluding diaryl/α,β-unsaturated/α-hetero) is 1. The minimum absolute atomic E-state index is 0.0147. The van der Waals surface area contributed by atoms with Crippen molar-refractivity contribution in [1.29, 1.82) is 0 Å². The summed E-state index contributed by atoms with van der Waals surface area (Å²) < 4.78 is 15.4. The van der Waals surface area contributed by atoms with Gasteiger partial charge in [-0.2, -0.15) is 0 Å². The third-order valence-corrected chi connectivity index (χ3v) is 3.76. The van der Waals surface area contributed by atoms with Crippen LogP contribution in [0.1, 0.15) is 28.5 Å². The predicted octanol–water partition coefficient (Wildman–Crippen LogP) is 1.12. The van der Waals surface area contributed by atoms with E-state index in [0.29, 0.717) is 42.5 Å². The molecule has 4 rings (SSSR count). The molecule has 1 saturated carbocycles. The van der Waals surface area contributed by atoms with Gasteiger partial charge in [-0.15, -0.1) is 0 Å². The van der Waals surface area contributed by atoms with Crippen LogP contribution in [0.4, 0.5) is 0 Å². The lowest BCUT2D eigenvalue weighted by molar-refractivity contribution is 0.0963. The fourth-order valence-corrected chi connectivity index (χ4v) is 2.60. The Hall–Kier alpha value is -2.57. The molecule has 21 heavy (non-hydrogen) atoms. The molecule has 0 radical (unpaired) electrons. The third kappa shape index (κ3) is 2.10. The fourth-order valence-electron chi connectivity index (χ4n) is 2.60. The Morgan fingerprint density at radius 1 is 1.24 bits per heavy atom. The second-order valence-electron chi connectivity index (χ2n) is 5.15. The molecule has 2 heterocycles. The van der Waals surface area contributed by atoms with Crippen LogP contribution in [0.25, 0.3) is 0 Å². The number of benzene rings is 1. The second-order valence-corrected chi connectivity index (χ2v) is 5.15. The maximum absolute atomic E-state index is 12.4. The van der Waals surface area contributed by atoms with Gasteiger partial charge in [-0.3, -0.25) is 14.3 Å². The van der Waals surface area contributed by atoms with Crippen molar-refractivity contribution < 1.29 is 18.8 Å². The van der Waals surface area contributed by atoms with Crippen LogP contribution < -0.4 is 15.2 Å². The van der Waals surface area contributed by atoms with E-state index in [0.717, 1.165) is 0 Å². The summed E-state index contributed by atoms with van der Waals surface area (Å²) in [5, 5.41) is 3.63. The van der Waals surface area contributed by atoms with Gasteiger partial charge < -0.3 is 9.47 Å². The summed E-state index contributed by atoms with van der Waals surface area (Å²) in [4.78, 5) is 25.9. The van der Waals surface area contributed by atoms with Gasteiger partial charge in [0.05, 0.1) is 0 Å². The highest BCUT2D eigenvalue weighted by molar-refractivity contribution is 6.00. The number of H-pyrrole nitrogens is 1. The minimum Gasteiger partial charge on any atom is -0.486 e. The molecule has 7 nitrogen and oxygen atoms in total. The Labute approximate surface area is 118 Å². The molecular formula is C14H12N2O5. The van der Waals surface area contributed by atoms with Crippen molar-refractivity contribution >= 4 is 5.78 Å². The number of carbonyl (C=O) groups excluding carboxylic acids is 1. The van der Waals surface area contributed by atoms with Gasteiger partial charge in [0.1, 0.15) is 13.2 Å². The van der Waals surface area contributed by atoms with Gasteiger partial charge in [0.15, 0.2) is 23.1 Å². The van der Waals surface area contributed by atoms with Gasteiger partial charge in [0, 0.05) is 17.4 Å². The average Bonchev–Trinajstić information content (AvgIpc) is 3.20. The van der Waals surface area contributed by atoms with E-state index in [1.54, 1.807) is 18.2 Å². The summed E-state index contributed by atoms with van der Waals surface area (Å²) in [5.74, 6) is 0.870. The Bertz CT molecular complexity index is 763. The minimum atomic E-state index is -0.595. The second kappa shape index (κ2) is 4.47. The molecule has 0 bridgehead atoms. The summed E-state index contributed by atoms with van der Waals surface area (Å²) in [6.45, 7) is 1.00. The van der Waals surface area contributed by atoms with Crippen LogP contribution in [0.15, 0.2) is 27.5 Å². The number of nitrogens with one attached hydrogen (secondary N) is 1. The zero-order chi connectivity index (χ0) is 14.4. The molecule has 0 saturated heterocycles. The fraction of sp³-hybridized carbons (Fsp3) is 0.357. The summed E-state index contributed by atoms with van der Waals surface area (Å²) in [6.07, 6.45) is 0.662. The molecule has 0 unspecified atom stereocenters. The number of nitrogens with zero attached hydrogens (tertiary/aromatic N) is 1. The maximum atomic E-state index is 12.4. The first-order valence-corrected chi connectivity index (χ1v) is 6.72. The summed E-state index contributed by atoms with van der Waals surface area (Å²) >= 11 is 0. The van der Waals surface area contributed by atoms with E-state index in [1.165, 1.54) is 0 Å². The Balaban J connectivity index is 1.55. The van der Waals surface area contributed by atoms with Gasteiger partial charge in [0.2, 0.25) is 0 Å². The molecule has 1 aromatic heterocycles. The van der Waals surface area contributed by atoms with E-state index in [9.17, 15) is 9.59 Å². The molecule has 2 aromatic rings. The number of rotatable bonds is 3. The first-order valence-electron chi connectivity index (χ1n) is 6.72. The molecule has 2 atom stereocenters. The highest BCUT2D eigenvalue weighted by atomic mass is 16.6. The number of hydrogen-bond acceptors (Lipinski definition) is 6. The summed E-state index contributed by atoms with van der Waals surface area (Å²) in [6, 6.07) is 5.19. The van der Waals surface area contributed by atoms with E-state index >= 15 is 0 Å². The molecule has 1 aromatic carbocycles.